The van der Waals surface area contributed by atoms with E-state index in [1.54, 1.807) is 7.11 Å². The van der Waals surface area contributed by atoms with Crippen LogP contribution in [-0.4, -0.2) is 42.2 Å². The molecular formula is C22H31NO3. The van der Waals surface area contributed by atoms with Crippen LogP contribution >= 0.6 is 0 Å². The van der Waals surface area contributed by atoms with Crippen LogP contribution in [0.4, 0.5) is 0 Å². The summed E-state index contributed by atoms with van der Waals surface area (Å²) in [7, 11) is 1.67. The van der Waals surface area contributed by atoms with Gasteiger partial charge in [-0.2, -0.15) is 0 Å². The Hall–Kier alpha value is -1.55. The van der Waals surface area contributed by atoms with E-state index in [1.807, 2.05) is 12.1 Å². The Morgan fingerprint density at radius 3 is 2.38 bits per heavy atom. The Labute approximate surface area is 156 Å². The van der Waals surface area contributed by atoms with E-state index in [2.05, 4.69) is 17.0 Å². The first kappa shape index (κ1) is 17.8. The predicted octanol–water partition coefficient (Wildman–Crippen LogP) is 3.66. The Morgan fingerprint density at radius 2 is 1.77 bits per heavy atom. The highest BCUT2D eigenvalue weighted by atomic mass is 16.5. The summed E-state index contributed by atoms with van der Waals surface area (Å²) in [5.41, 5.74) is 0.703. The summed E-state index contributed by atoms with van der Waals surface area (Å²) in [6.07, 6.45) is 8.98. The molecule has 2 saturated carbocycles. The molecule has 3 fully saturated rings. The lowest BCUT2D eigenvalue weighted by Crippen LogP contribution is -2.54. The van der Waals surface area contributed by atoms with Crippen molar-refractivity contribution in [1.82, 2.24) is 4.90 Å². The summed E-state index contributed by atoms with van der Waals surface area (Å²) < 4.78 is 5.29. The van der Waals surface area contributed by atoms with E-state index in [0.717, 1.165) is 82.2 Å². The predicted molar refractivity (Wildman–Crippen MR) is 101 cm³/mol. The van der Waals surface area contributed by atoms with Gasteiger partial charge in [0, 0.05) is 18.5 Å². The first-order chi connectivity index (χ1) is 12.6. The molecule has 4 heteroatoms. The van der Waals surface area contributed by atoms with E-state index in [1.165, 1.54) is 0 Å². The lowest BCUT2D eigenvalue weighted by Gasteiger charge is -2.45. The highest BCUT2D eigenvalue weighted by Gasteiger charge is 2.50. The van der Waals surface area contributed by atoms with Crippen LogP contribution in [0.1, 0.15) is 63.4 Å². The van der Waals surface area contributed by atoms with E-state index in [0.29, 0.717) is 5.91 Å². The number of amides is 1. The second-order valence-corrected chi connectivity index (χ2v) is 8.62. The number of methoxy groups -OCH3 is 1. The summed E-state index contributed by atoms with van der Waals surface area (Å²) >= 11 is 0. The van der Waals surface area contributed by atoms with E-state index < -0.39 is 0 Å². The van der Waals surface area contributed by atoms with Gasteiger partial charge in [-0.25, -0.2) is 0 Å². The fraction of sp³-hybridized carbons (Fsp3) is 0.682. The third-order valence-electron chi connectivity index (χ3n) is 7.26. The van der Waals surface area contributed by atoms with Gasteiger partial charge in [-0.15, -0.1) is 0 Å². The Bertz CT molecular complexity index is 650. The third kappa shape index (κ3) is 2.83. The molecule has 1 saturated heterocycles. The van der Waals surface area contributed by atoms with Crippen LogP contribution in [-0.2, 0) is 10.2 Å². The number of likely N-dealkylation sites (tertiary alicyclic amines) is 1. The Balaban J connectivity index is 1.61. The van der Waals surface area contributed by atoms with Crippen molar-refractivity contribution < 1.29 is 14.6 Å². The van der Waals surface area contributed by atoms with Gasteiger partial charge in [0.2, 0.25) is 5.91 Å². The normalized spacial score (nSPS) is 30.7. The first-order valence-electron chi connectivity index (χ1n) is 10.2. The molecule has 0 bridgehead atoms. The Kier molecular flexibility index (Phi) is 4.72. The number of piperidine rings is 1. The molecule has 142 valence electrons. The molecule has 2 atom stereocenters. The summed E-state index contributed by atoms with van der Waals surface area (Å²) in [5, 5.41) is 10.6. The highest BCUT2D eigenvalue weighted by molar-refractivity contribution is 5.89. The first-order valence-corrected chi connectivity index (χ1v) is 10.2. The number of nitrogens with zero attached hydrogens (tertiary/aromatic N) is 1. The zero-order valence-electron chi connectivity index (χ0n) is 15.9. The van der Waals surface area contributed by atoms with Gasteiger partial charge in [-0.05, 0) is 56.2 Å². The van der Waals surface area contributed by atoms with Crippen LogP contribution in [0.15, 0.2) is 24.3 Å². The van der Waals surface area contributed by atoms with Crippen molar-refractivity contribution >= 4 is 5.91 Å². The molecule has 1 heterocycles. The molecule has 4 nitrogen and oxygen atoms in total. The van der Waals surface area contributed by atoms with Crippen molar-refractivity contribution in [2.45, 2.75) is 69.3 Å². The van der Waals surface area contributed by atoms with E-state index in [4.69, 9.17) is 4.74 Å². The molecule has 26 heavy (non-hydrogen) atoms. The van der Waals surface area contributed by atoms with E-state index in [9.17, 15) is 9.90 Å². The van der Waals surface area contributed by atoms with E-state index in [-0.39, 0.29) is 16.9 Å². The van der Waals surface area contributed by atoms with Crippen LogP contribution in [0.25, 0.3) is 0 Å². The number of hydrogen-bond acceptors (Lipinski definition) is 3. The summed E-state index contributed by atoms with van der Waals surface area (Å²) in [6, 6.07) is 8.10. The molecule has 1 N–H and O–H groups in total. The van der Waals surface area contributed by atoms with Gasteiger partial charge in [0.15, 0.2) is 0 Å². The number of ether oxygens (including phenoxy) is 1. The molecule has 1 aliphatic heterocycles. The van der Waals surface area contributed by atoms with Crippen LogP contribution in [0.5, 0.6) is 5.75 Å². The standard InChI is InChI=1S/C22H31NO3/c1-26-18-9-7-17(8-10-18)22(13-2-3-14-22)20(25)23-15-5-12-21(16-23)11-4-6-19(21)24/h7-10,19,24H,2-6,11-16H2,1H3/t19-,21+/m1/s1. The molecule has 0 unspecified atom stereocenters. The largest absolute Gasteiger partial charge is 0.497 e. The van der Waals surface area contributed by atoms with Gasteiger partial charge in [-0.3, -0.25) is 4.79 Å². The zero-order valence-corrected chi connectivity index (χ0v) is 15.9. The molecule has 1 aromatic rings. The monoisotopic (exact) mass is 357 g/mol. The summed E-state index contributed by atoms with van der Waals surface area (Å²) in [6.45, 7) is 1.58. The second kappa shape index (κ2) is 6.88. The zero-order chi connectivity index (χ0) is 18.2. The van der Waals surface area contributed by atoms with Gasteiger partial charge in [0.1, 0.15) is 5.75 Å². The van der Waals surface area contributed by atoms with E-state index >= 15 is 0 Å². The number of aliphatic hydroxyl groups excluding tert-OH is 1. The van der Waals surface area contributed by atoms with Crippen molar-refractivity contribution in [2.24, 2.45) is 5.41 Å². The fourth-order valence-electron chi connectivity index (χ4n) is 5.75. The quantitative estimate of drug-likeness (QED) is 0.898. The minimum atomic E-state index is -0.381. The molecule has 4 rings (SSSR count). The molecular weight excluding hydrogens is 326 g/mol. The van der Waals surface area contributed by atoms with Crippen LogP contribution in [0, 0.1) is 5.41 Å². The van der Waals surface area contributed by atoms with Crippen molar-refractivity contribution in [3.05, 3.63) is 29.8 Å². The summed E-state index contributed by atoms with van der Waals surface area (Å²) in [4.78, 5) is 15.8. The average molecular weight is 357 g/mol. The maximum Gasteiger partial charge on any atom is 0.233 e. The molecule has 1 aromatic carbocycles. The second-order valence-electron chi connectivity index (χ2n) is 8.62. The maximum atomic E-state index is 13.7. The number of benzene rings is 1. The lowest BCUT2D eigenvalue weighted by molar-refractivity contribution is -0.142. The van der Waals surface area contributed by atoms with Gasteiger partial charge in [0.25, 0.3) is 0 Å². The molecule has 3 aliphatic rings. The van der Waals surface area contributed by atoms with Gasteiger partial charge in [-0.1, -0.05) is 31.4 Å². The number of carbonyl (C=O) groups excluding carboxylic acids is 1. The molecule has 1 spiro atoms. The molecule has 0 radical (unpaired) electrons. The van der Waals surface area contributed by atoms with Gasteiger partial charge >= 0.3 is 0 Å². The number of rotatable bonds is 3. The lowest BCUT2D eigenvalue weighted by atomic mass is 9.73. The maximum absolute atomic E-state index is 13.7. The van der Waals surface area contributed by atoms with Crippen molar-refractivity contribution in [3.63, 3.8) is 0 Å². The number of aliphatic hydroxyl groups is 1. The smallest absolute Gasteiger partial charge is 0.233 e. The third-order valence-corrected chi connectivity index (χ3v) is 7.26. The van der Waals surface area contributed by atoms with Gasteiger partial charge < -0.3 is 14.7 Å². The van der Waals surface area contributed by atoms with Crippen LogP contribution < -0.4 is 4.74 Å². The van der Waals surface area contributed by atoms with Crippen molar-refractivity contribution in [1.29, 1.82) is 0 Å². The topological polar surface area (TPSA) is 49.8 Å². The minimum absolute atomic E-state index is 0.0480. The summed E-state index contributed by atoms with van der Waals surface area (Å²) in [5.74, 6) is 1.12. The van der Waals surface area contributed by atoms with Crippen molar-refractivity contribution in [2.75, 3.05) is 20.2 Å². The van der Waals surface area contributed by atoms with Gasteiger partial charge in [0.05, 0.1) is 18.6 Å². The molecule has 1 amide bonds. The fourth-order valence-corrected chi connectivity index (χ4v) is 5.75. The van der Waals surface area contributed by atoms with Crippen LogP contribution in [0.2, 0.25) is 0 Å². The molecule has 2 aliphatic carbocycles. The Morgan fingerprint density at radius 1 is 1.08 bits per heavy atom. The highest BCUT2D eigenvalue weighted by Crippen LogP contribution is 2.48. The van der Waals surface area contributed by atoms with Crippen LogP contribution in [0.3, 0.4) is 0 Å². The number of hydrogen-bond donors (Lipinski definition) is 1. The SMILES string of the molecule is COc1ccc(C2(C(=O)N3CCC[C@@]4(CCC[C@H]4O)C3)CCCC2)cc1. The van der Waals surface area contributed by atoms with Crippen molar-refractivity contribution in [3.8, 4) is 5.75 Å². The average Bonchev–Trinajstić information content (AvgIpc) is 3.30. The number of carbonyl (C=O) groups is 1. The minimum Gasteiger partial charge on any atom is -0.497 e. The molecule has 0 aromatic heterocycles.